The number of methoxy groups -OCH3 is 1. The molecule has 0 aromatic rings. The summed E-state index contributed by atoms with van der Waals surface area (Å²) >= 11 is 5.82. The Labute approximate surface area is 75.6 Å². The van der Waals surface area contributed by atoms with Crippen molar-refractivity contribution in [2.24, 2.45) is 0 Å². The Hall–Kier alpha value is -0.740. The molecule has 12 heavy (non-hydrogen) atoms. The number of amides is 1. The monoisotopic (exact) mass is 191 g/mol. The largest absolute Gasteiger partial charge is 0.383 e. The molecule has 0 spiro atoms. The number of ether oxygens (including phenoxy) is 1. The fourth-order valence-electron chi connectivity index (χ4n) is 0.807. The van der Waals surface area contributed by atoms with E-state index in [1.54, 1.807) is 6.92 Å². The third-order valence-corrected chi connectivity index (χ3v) is 1.97. The number of hydroxylamine groups is 2. The topological polar surface area (TPSA) is 38.8 Å². The van der Waals surface area contributed by atoms with Gasteiger partial charge in [0.05, 0.1) is 0 Å². The number of halogens is 1. The van der Waals surface area contributed by atoms with E-state index in [4.69, 9.17) is 16.4 Å². The molecule has 0 aliphatic carbocycles. The van der Waals surface area contributed by atoms with Gasteiger partial charge in [0, 0.05) is 12.7 Å². The molecule has 1 atom stereocenters. The van der Waals surface area contributed by atoms with Gasteiger partial charge in [0.2, 0.25) is 0 Å². The van der Waals surface area contributed by atoms with Crippen molar-refractivity contribution in [3.8, 4) is 0 Å². The van der Waals surface area contributed by atoms with Crippen LogP contribution in [0, 0.1) is 0 Å². The zero-order valence-electron chi connectivity index (χ0n) is 6.91. The van der Waals surface area contributed by atoms with Gasteiger partial charge >= 0.3 is 0 Å². The number of rotatable bonds is 2. The summed E-state index contributed by atoms with van der Waals surface area (Å²) in [6.07, 6.45) is 1.45. The van der Waals surface area contributed by atoms with E-state index in [0.29, 0.717) is 0 Å². The molecule has 68 valence electrons. The maximum Gasteiger partial charge on any atom is 0.282 e. The van der Waals surface area contributed by atoms with Crippen LogP contribution in [0.2, 0.25) is 0 Å². The third kappa shape index (κ3) is 1.70. The van der Waals surface area contributed by atoms with Crippen LogP contribution in [0.4, 0.5) is 0 Å². The van der Waals surface area contributed by atoms with E-state index in [0.717, 1.165) is 10.6 Å². The van der Waals surface area contributed by atoms with E-state index >= 15 is 0 Å². The fourth-order valence-corrected chi connectivity index (χ4v) is 1.01. The van der Waals surface area contributed by atoms with Crippen molar-refractivity contribution >= 4 is 17.5 Å². The quantitative estimate of drug-likeness (QED) is 0.481. The molecule has 1 heterocycles. The van der Waals surface area contributed by atoms with Crippen LogP contribution in [0.1, 0.15) is 6.92 Å². The number of alkyl halides is 1. The van der Waals surface area contributed by atoms with Crippen LogP contribution in [0.25, 0.3) is 0 Å². The Balaban J connectivity index is 2.51. The predicted molar refractivity (Wildman–Crippen MR) is 43.2 cm³/mol. The van der Waals surface area contributed by atoms with Crippen molar-refractivity contribution in [3.63, 3.8) is 0 Å². The van der Waals surface area contributed by atoms with Gasteiger partial charge in [-0.1, -0.05) is 11.6 Å². The summed E-state index contributed by atoms with van der Waals surface area (Å²) in [5, 5.41) is 1.08. The highest BCUT2D eigenvalue weighted by atomic mass is 35.5. The van der Waals surface area contributed by atoms with Crippen LogP contribution in [0.15, 0.2) is 11.8 Å². The number of carbonyl (C=O) groups is 1. The lowest BCUT2D eigenvalue weighted by Crippen LogP contribution is -2.35. The Morgan fingerprint density at radius 3 is 3.00 bits per heavy atom. The summed E-state index contributed by atoms with van der Waals surface area (Å²) in [5.74, 6) is -0.286. The molecule has 1 unspecified atom stereocenters. The van der Waals surface area contributed by atoms with Crippen LogP contribution < -0.4 is 0 Å². The molecule has 1 aliphatic rings. The van der Waals surface area contributed by atoms with Crippen molar-refractivity contribution in [1.29, 1.82) is 0 Å². The fraction of sp³-hybridized carbons (Fsp3) is 0.571. The molecule has 0 N–H and O–H groups in total. The normalized spacial score (nSPS) is 22.1. The highest BCUT2D eigenvalue weighted by Gasteiger charge is 2.29. The average Bonchev–Trinajstić information content (AvgIpc) is 2.34. The zero-order chi connectivity index (χ0) is 9.14. The molecular formula is C7H10ClNO3. The number of hydrogen-bond donors (Lipinski definition) is 0. The molecule has 0 fully saturated rings. The summed E-state index contributed by atoms with van der Waals surface area (Å²) < 4.78 is 4.65. The van der Waals surface area contributed by atoms with Crippen LogP contribution in [-0.4, -0.2) is 30.2 Å². The Morgan fingerprint density at radius 2 is 2.58 bits per heavy atom. The van der Waals surface area contributed by atoms with Crippen LogP contribution in [0.3, 0.4) is 0 Å². The highest BCUT2D eigenvalue weighted by molar-refractivity contribution is 6.23. The van der Waals surface area contributed by atoms with Gasteiger partial charge in [0.1, 0.15) is 12.9 Å². The van der Waals surface area contributed by atoms with Crippen molar-refractivity contribution in [2.75, 3.05) is 13.7 Å². The first kappa shape index (κ1) is 9.35. The van der Waals surface area contributed by atoms with Gasteiger partial charge in [0.15, 0.2) is 5.50 Å². The summed E-state index contributed by atoms with van der Waals surface area (Å²) in [6.45, 7) is 1.77. The third-order valence-electron chi connectivity index (χ3n) is 1.45. The Morgan fingerprint density at radius 1 is 1.92 bits per heavy atom. The minimum Gasteiger partial charge on any atom is -0.383 e. The van der Waals surface area contributed by atoms with Crippen molar-refractivity contribution in [3.05, 3.63) is 11.8 Å². The number of nitrogens with zero attached hydrogens (tertiary/aromatic N) is 1. The maximum absolute atomic E-state index is 11.2. The molecular weight excluding hydrogens is 182 g/mol. The molecule has 0 saturated heterocycles. The van der Waals surface area contributed by atoms with E-state index in [1.165, 1.54) is 13.4 Å². The van der Waals surface area contributed by atoms with Crippen LogP contribution in [-0.2, 0) is 14.4 Å². The van der Waals surface area contributed by atoms with E-state index in [1.807, 2.05) is 0 Å². The minimum absolute atomic E-state index is 0.0235. The smallest absolute Gasteiger partial charge is 0.282 e. The highest BCUT2D eigenvalue weighted by Crippen LogP contribution is 2.22. The summed E-state index contributed by atoms with van der Waals surface area (Å²) in [6, 6.07) is 0. The lowest BCUT2D eigenvalue weighted by Gasteiger charge is -2.17. The first-order valence-electron chi connectivity index (χ1n) is 3.45. The van der Waals surface area contributed by atoms with Gasteiger partial charge in [-0.15, -0.1) is 0 Å². The van der Waals surface area contributed by atoms with E-state index in [-0.39, 0.29) is 12.5 Å². The molecule has 5 heteroatoms. The second kappa shape index (κ2) is 3.78. The van der Waals surface area contributed by atoms with Crippen LogP contribution in [0.5, 0.6) is 0 Å². The van der Waals surface area contributed by atoms with Crippen molar-refractivity contribution < 1.29 is 14.4 Å². The van der Waals surface area contributed by atoms with Gasteiger partial charge in [-0.2, -0.15) is 5.06 Å². The first-order valence-corrected chi connectivity index (χ1v) is 3.89. The molecule has 0 bridgehead atoms. The summed E-state index contributed by atoms with van der Waals surface area (Å²) in [4.78, 5) is 16.1. The Kier molecular flexibility index (Phi) is 2.94. The van der Waals surface area contributed by atoms with Gasteiger partial charge in [-0.25, -0.2) is 0 Å². The summed E-state index contributed by atoms with van der Waals surface area (Å²) in [5.41, 5.74) is 0.300. The van der Waals surface area contributed by atoms with Gasteiger partial charge in [0.25, 0.3) is 5.91 Å². The number of carbonyl (C=O) groups excluding carboxylic acids is 1. The molecule has 1 rings (SSSR count). The lowest BCUT2D eigenvalue weighted by molar-refractivity contribution is -0.167. The molecule has 0 saturated carbocycles. The van der Waals surface area contributed by atoms with Crippen LogP contribution >= 0.6 is 11.6 Å². The van der Waals surface area contributed by atoms with Crippen molar-refractivity contribution in [1.82, 2.24) is 5.06 Å². The molecule has 0 radical (unpaired) electrons. The lowest BCUT2D eigenvalue weighted by atomic mass is 10.3. The number of hydrogen-bond acceptors (Lipinski definition) is 3. The predicted octanol–water partition coefficient (Wildman–Crippen LogP) is 0.875. The maximum atomic E-state index is 11.2. The van der Waals surface area contributed by atoms with E-state index in [2.05, 4.69) is 4.74 Å². The standard InChI is InChI=1S/C7H10ClNO3/c1-5-3-12-9(7(5)8)6(10)4-11-2/h3,7H,4H2,1-2H3. The SMILES string of the molecule is COCC(=O)N1OC=C(C)C1Cl. The molecule has 1 amide bonds. The molecule has 4 nitrogen and oxygen atoms in total. The van der Waals surface area contributed by atoms with E-state index in [9.17, 15) is 4.79 Å². The van der Waals surface area contributed by atoms with E-state index < -0.39 is 5.50 Å². The first-order chi connectivity index (χ1) is 5.66. The zero-order valence-corrected chi connectivity index (χ0v) is 7.67. The van der Waals surface area contributed by atoms with Gasteiger partial charge in [-0.3, -0.25) is 4.79 Å². The van der Waals surface area contributed by atoms with Crippen molar-refractivity contribution in [2.45, 2.75) is 12.4 Å². The second-order valence-corrected chi connectivity index (χ2v) is 2.87. The average molecular weight is 192 g/mol. The second-order valence-electron chi connectivity index (χ2n) is 2.46. The molecule has 1 aliphatic heterocycles. The summed E-state index contributed by atoms with van der Waals surface area (Å²) in [7, 11) is 1.44. The Bertz CT molecular complexity index is 217. The van der Waals surface area contributed by atoms with Gasteiger partial charge in [-0.05, 0) is 6.92 Å². The molecule has 0 aromatic carbocycles. The van der Waals surface area contributed by atoms with Gasteiger partial charge < -0.3 is 9.57 Å². The molecule has 0 aromatic heterocycles. The minimum atomic E-state index is -0.507.